The molecule has 0 spiro atoms. The Hall–Kier alpha value is 0.400. The first kappa shape index (κ1) is 18.4. The van der Waals surface area contributed by atoms with Gasteiger partial charge in [0.15, 0.2) is 0 Å². The summed E-state index contributed by atoms with van der Waals surface area (Å²) >= 11 is 3.73. The molecule has 0 fully saturated rings. The fourth-order valence-electron chi connectivity index (χ4n) is 2.54. The van der Waals surface area contributed by atoms with E-state index in [1.54, 1.807) is 7.11 Å². The molecule has 0 amide bonds. The van der Waals surface area contributed by atoms with Gasteiger partial charge in [0, 0.05) is 31.6 Å². The summed E-state index contributed by atoms with van der Waals surface area (Å²) in [5.41, 5.74) is 0.413. The molecule has 0 heterocycles. The highest BCUT2D eigenvalue weighted by Crippen LogP contribution is 2.31. The molecule has 0 saturated carbocycles. The van der Waals surface area contributed by atoms with Gasteiger partial charge in [0.1, 0.15) is 0 Å². The number of alkyl halides is 1. The highest BCUT2D eigenvalue weighted by atomic mass is 79.9. The number of ether oxygens (including phenoxy) is 1. The van der Waals surface area contributed by atoms with Crippen LogP contribution in [0.4, 0.5) is 0 Å². The molecule has 0 rings (SSSR count). The number of rotatable bonds is 11. The normalized spacial score (nSPS) is 12.7. The largest absolute Gasteiger partial charge is 0.383 e. The minimum Gasteiger partial charge on any atom is -0.383 e. The van der Waals surface area contributed by atoms with Crippen molar-refractivity contribution in [2.75, 3.05) is 32.1 Å². The van der Waals surface area contributed by atoms with Crippen LogP contribution in [0.2, 0.25) is 0 Å². The molecule has 2 nitrogen and oxygen atoms in total. The average Bonchev–Trinajstić information content (AvgIpc) is 2.42. The Labute approximate surface area is 123 Å². The van der Waals surface area contributed by atoms with Crippen molar-refractivity contribution in [3.8, 4) is 0 Å². The Morgan fingerprint density at radius 3 is 2.00 bits per heavy atom. The van der Waals surface area contributed by atoms with Crippen molar-refractivity contribution >= 4 is 15.9 Å². The highest BCUT2D eigenvalue weighted by Gasteiger charge is 2.29. The lowest BCUT2D eigenvalue weighted by Gasteiger charge is -2.39. The van der Waals surface area contributed by atoms with Gasteiger partial charge in [-0.1, -0.05) is 43.6 Å². The summed E-state index contributed by atoms with van der Waals surface area (Å²) in [5.74, 6) is 0. The van der Waals surface area contributed by atoms with Crippen LogP contribution in [0.15, 0.2) is 0 Å². The first-order chi connectivity index (χ1) is 8.62. The number of methoxy groups -OCH3 is 1. The predicted molar refractivity (Wildman–Crippen MR) is 84.6 cm³/mol. The van der Waals surface area contributed by atoms with Gasteiger partial charge in [-0.3, -0.25) is 4.90 Å². The zero-order chi connectivity index (χ0) is 14.0. The van der Waals surface area contributed by atoms with Crippen molar-refractivity contribution in [2.24, 2.45) is 5.41 Å². The van der Waals surface area contributed by atoms with E-state index >= 15 is 0 Å². The molecule has 0 aromatic heterocycles. The molecule has 3 heteroatoms. The second-order valence-corrected chi connectivity index (χ2v) is 5.84. The Bertz CT molecular complexity index is 183. The van der Waals surface area contributed by atoms with Crippen LogP contribution in [0.25, 0.3) is 0 Å². The zero-order valence-corrected chi connectivity index (χ0v) is 14.6. The van der Waals surface area contributed by atoms with Gasteiger partial charge in [-0.25, -0.2) is 0 Å². The van der Waals surface area contributed by atoms with Crippen molar-refractivity contribution in [3.63, 3.8) is 0 Å². The fourth-order valence-corrected chi connectivity index (χ4v) is 3.51. The lowest BCUT2D eigenvalue weighted by atomic mass is 9.83. The van der Waals surface area contributed by atoms with Crippen molar-refractivity contribution in [1.82, 2.24) is 4.90 Å². The maximum Gasteiger partial charge on any atom is 0.0589 e. The van der Waals surface area contributed by atoms with Crippen LogP contribution in [0, 0.1) is 5.41 Å². The van der Waals surface area contributed by atoms with Crippen LogP contribution in [0.1, 0.15) is 53.4 Å². The second kappa shape index (κ2) is 10.2. The molecule has 0 unspecified atom stereocenters. The monoisotopic (exact) mass is 321 g/mol. The molecule has 18 heavy (non-hydrogen) atoms. The molecule has 0 aliphatic heterocycles. The molecule has 0 aliphatic carbocycles. The van der Waals surface area contributed by atoms with E-state index < -0.39 is 0 Å². The van der Waals surface area contributed by atoms with Crippen molar-refractivity contribution < 1.29 is 4.74 Å². The van der Waals surface area contributed by atoms with E-state index in [4.69, 9.17) is 4.74 Å². The van der Waals surface area contributed by atoms with Crippen molar-refractivity contribution in [2.45, 2.75) is 59.4 Å². The minimum atomic E-state index is 0.413. The van der Waals surface area contributed by atoms with Gasteiger partial charge >= 0.3 is 0 Å². The van der Waals surface area contributed by atoms with E-state index in [1.165, 1.54) is 32.2 Å². The maximum absolute atomic E-state index is 5.27. The van der Waals surface area contributed by atoms with Crippen LogP contribution >= 0.6 is 15.9 Å². The molecule has 0 aromatic rings. The predicted octanol–water partition coefficient (Wildman–Crippen LogP) is 4.32. The average molecular weight is 322 g/mol. The van der Waals surface area contributed by atoms with E-state index in [1.807, 2.05) is 0 Å². The number of nitrogens with zero attached hydrogens (tertiary/aromatic N) is 1. The fraction of sp³-hybridized carbons (Fsp3) is 1.00. The van der Waals surface area contributed by atoms with E-state index in [0.29, 0.717) is 11.5 Å². The molecule has 0 bridgehead atoms. The quantitative estimate of drug-likeness (QED) is 0.525. The van der Waals surface area contributed by atoms with Gasteiger partial charge in [0.2, 0.25) is 0 Å². The first-order valence-corrected chi connectivity index (χ1v) is 8.54. The molecule has 0 radical (unpaired) electrons. The highest BCUT2D eigenvalue weighted by molar-refractivity contribution is 9.09. The molecule has 0 aromatic carbocycles. The van der Waals surface area contributed by atoms with Gasteiger partial charge in [-0.05, 0) is 31.1 Å². The summed E-state index contributed by atoms with van der Waals surface area (Å²) in [6.07, 6.45) is 4.93. The van der Waals surface area contributed by atoms with Gasteiger partial charge in [0.25, 0.3) is 0 Å². The third kappa shape index (κ3) is 5.58. The SMILES string of the molecule is CCC(CC)N(CCOC)CC(CC)(CC)CBr. The summed E-state index contributed by atoms with van der Waals surface area (Å²) < 4.78 is 5.27. The van der Waals surface area contributed by atoms with Crippen LogP contribution in [-0.2, 0) is 4.74 Å². The smallest absolute Gasteiger partial charge is 0.0589 e. The van der Waals surface area contributed by atoms with Crippen LogP contribution in [-0.4, -0.2) is 43.1 Å². The molecule has 110 valence electrons. The Morgan fingerprint density at radius 1 is 1.11 bits per heavy atom. The van der Waals surface area contributed by atoms with Gasteiger partial charge in [-0.2, -0.15) is 0 Å². The lowest BCUT2D eigenvalue weighted by Crippen LogP contribution is -2.45. The molecule has 0 saturated heterocycles. The van der Waals surface area contributed by atoms with Gasteiger partial charge < -0.3 is 4.74 Å². The number of halogens is 1. The van der Waals surface area contributed by atoms with Crippen molar-refractivity contribution in [3.05, 3.63) is 0 Å². The van der Waals surface area contributed by atoms with E-state index in [9.17, 15) is 0 Å². The standard InChI is InChI=1S/C15H32BrNO/c1-6-14(7-2)17(10-11-18-5)13-15(8-3,9-4)12-16/h14H,6-13H2,1-5H3. The topological polar surface area (TPSA) is 12.5 Å². The first-order valence-electron chi connectivity index (χ1n) is 7.41. The van der Waals surface area contributed by atoms with Crippen LogP contribution in [0.5, 0.6) is 0 Å². The molecule has 0 aliphatic rings. The lowest BCUT2D eigenvalue weighted by molar-refractivity contribution is 0.0748. The Kier molecular flexibility index (Phi) is 10.4. The van der Waals surface area contributed by atoms with Crippen LogP contribution < -0.4 is 0 Å². The van der Waals surface area contributed by atoms with Gasteiger partial charge in [0.05, 0.1) is 6.61 Å². The number of hydrogen-bond acceptors (Lipinski definition) is 2. The summed E-state index contributed by atoms with van der Waals surface area (Å²) in [5, 5.41) is 1.09. The summed E-state index contributed by atoms with van der Waals surface area (Å²) in [7, 11) is 1.79. The zero-order valence-electron chi connectivity index (χ0n) is 13.0. The van der Waals surface area contributed by atoms with E-state index in [-0.39, 0.29) is 0 Å². The summed E-state index contributed by atoms with van der Waals surface area (Å²) in [4.78, 5) is 2.64. The summed E-state index contributed by atoms with van der Waals surface area (Å²) in [6, 6.07) is 0.691. The summed E-state index contributed by atoms with van der Waals surface area (Å²) in [6.45, 7) is 12.3. The van der Waals surface area contributed by atoms with Crippen LogP contribution in [0.3, 0.4) is 0 Å². The molecular weight excluding hydrogens is 290 g/mol. The van der Waals surface area contributed by atoms with Gasteiger partial charge in [-0.15, -0.1) is 0 Å². The maximum atomic E-state index is 5.27. The Balaban J connectivity index is 4.72. The Morgan fingerprint density at radius 2 is 1.67 bits per heavy atom. The second-order valence-electron chi connectivity index (χ2n) is 5.27. The van der Waals surface area contributed by atoms with Crippen molar-refractivity contribution in [1.29, 1.82) is 0 Å². The molecule has 0 N–H and O–H groups in total. The van der Waals surface area contributed by atoms with E-state index in [0.717, 1.165) is 18.5 Å². The molecular formula is C15H32BrNO. The minimum absolute atomic E-state index is 0.413. The van der Waals surface area contributed by atoms with E-state index in [2.05, 4.69) is 48.5 Å². The number of hydrogen-bond donors (Lipinski definition) is 0. The third-order valence-electron chi connectivity index (χ3n) is 4.36. The molecule has 0 atom stereocenters. The third-order valence-corrected chi connectivity index (χ3v) is 5.55.